The molecule has 0 aliphatic carbocycles. The highest BCUT2D eigenvalue weighted by molar-refractivity contribution is 14.0. The molecule has 1 saturated heterocycles. The molecule has 2 aliphatic rings. The summed E-state index contributed by atoms with van der Waals surface area (Å²) in [6, 6.07) is 11.2. The lowest BCUT2D eigenvalue weighted by molar-refractivity contribution is 0.153. The van der Waals surface area contributed by atoms with Crippen LogP contribution in [0, 0.1) is 0 Å². The van der Waals surface area contributed by atoms with E-state index in [0.29, 0.717) is 6.04 Å². The standard InChI is InChI=1S/C22H34N4O.HI/c1-2-23-22(24-13-10-19-11-15-27-16-12-19)25-21-9-6-14-26(18-21)17-20-7-4-3-5-8-20;/h3-5,7-8,11,21H,2,6,9-10,12-18H2,1H3,(H2,23,24,25);1H. The smallest absolute Gasteiger partial charge is 0.191 e. The van der Waals surface area contributed by atoms with Gasteiger partial charge in [-0.2, -0.15) is 0 Å². The highest BCUT2D eigenvalue weighted by Crippen LogP contribution is 2.14. The third-order valence-electron chi connectivity index (χ3n) is 5.20. The van der Waals surface area contributed by atoms with Crippen molar-refractivity contribution in [2.24, 2.45) is 4.99 Å². The van der Waals surface area contributed by atoms with E-state index >= 15 is 0 Å². The number of guanidine groups is 1. The first-order valence-corrected chi connectivity index (χ1v) is 10.4. The van der Waals surface area contributed by atoms with Crippen molar-refractivity contribution in [3.8, 4) is 0 Å². The summed E-state index contributed by atoms with van der Waals surface area (Å²) in [4.78, 5) is 7.35. The Kier molecular flexibility index (Phi) is 10.9. The van der Waals surface area contributed by atoms with Gasteiger partial charge < -0.3 is 15.4 Å². The van der Waals surface area contributed by atoms with Gasteiger partial charge in [-0.25, -0.2) is 0 Å². The van der Waals surface area contributed by atoms with Crippen LogP contribution in [0.1, 0.15) is 38.2 Å². The Labute approximate surface area is 187 Å². The van der Waals surface area contributed by atoms with E-state index in [9.17, 15) is 0 Å². The number of nitrogens with zero attached hydrogens (tertiary/aromatic N) is 2. The summed E-state index contributed by atoms with van der Waals surface area (Å²) >= 11 is 0. The van der Waals surface area contributed by atoms with Gasteiger partial charge in [-0.3, -0.25) is 9.89 Å². The van der Waals surface area contributed by atoms with Crippen molar-refractivity contribution < 1.29 is 4.74 Å². The zero-order valence-electron chi connectivity index (χ0n) is 17.0. The number of aliphatic imine (C=N–C) groups is 1. The first kappa shape index (κ1) is 23.2. The molecule has 1 aromatic rings. The molecule has 0 bridgehead atoms. The number of ether oxygens (including phenoxy) is 1. The summed E-state index contributed by atoms with van der Waals surface area (Å²) < 4.78 is 5.38. The van der Waals surface area contributed by atoms with Gasteiger partial charge in [-0.05, 0) is 44.7 Å². The van der Waals surface area contributed by atoms with Gasteiger partial charge in [-0.15, -0.1) is 24.0 Å². The molecule has 5 nitrogen and oxygen atoms in total. The average Bonchev–Trinajstić information content (AvgIpc) is 2.70. The lowest BCUT2D eigenvalue weighted by Gasteiger charge is -2.34. The van der Waals surface area contributed by atoms with Crippen molar-refractivity contribution >= 4 is 29.9 Å². The number of likely N-dealkylation sites (tertiary alicyclic amines) is 1. The van der Waals surface area contributed by atoms with E-state index in [1.807, 2.05) is 0 Å². The van der Waals surface area contributed by atoms with Crippen molar-refractivity contribution in [3.63, 3.8) is 0 Å². The van der Waals surface area contributed by atoms with Crippen molar-refractivity contribution in [2.45, 2.75) is 45.2 Å². The summed E-state index contributed by atoms with van der Waals surface area (Å²) in [5.74, 6) is 0.955. The van der Waals surface area contributed by atoms with Crippen molar-refractivity contribution in [2.75, 3.05) is 39.4 Å². The van der Waals surface area contributed by atoms with Gasteiger partial charge in [0, 0.05) is 32.2 Å². The molecule has 1 fully saturated rings. The first-order valence-electron chi connectivity index (χ1n) is 10.4. The van der Waals surface area contributed by atoms with Gasteiger partial charge in [0.2, 0.25) is 0 Å². The number of hydrogen-bond acceptors (Lipinski definition) is 3. The summed E-state index contributed by atoms with van der Waals surface area (Å²) in [6.07, 6.45) is 6.73. The highest BCUT2D eigenvalue weighted by atomic mass is 127. The van der Waals surface area contributed by atoms with Crippen molar-refractivity contribution in [3.05, 3.63) is 47.5 Å². The number of halogens is 1. The third-order valence-corrected chi connectivity index (χ3v) is 5.20. The summed E-state index contributed by atoms with van der Waals surface area (Å²) in [7, 11) is 0. The van der Waals surface area contributed by atoms with Crippen LogP contribution in [0.4, 0.5) is 0 Å². The fraction of sp³-hybridized carbons (Fsp3) is 0.591. The maximum atomic E-state index is 5.38. The molecule has 28 heavy (non-hydrogen) atoms. The summed E-state index contributed by atoms with van der Waals surface area (Å²) in [5.41, 5.74) is 2.87. The average molecular weight is 498 g/mol. The zero-order valence-corrected chi connectivity index (χ0v) is 19.4. The van der Waals surface area contributed by atoms with Gasteiger partial charge in [0.15, 0.2) is 5.96 Å². The molecule has 2 heterocycles. The van der Waals surface area contributed by atoms with E-state index in [-0.39, 0.29) is 24.0 Å². The molecule has 1 atom stereocenters. The Morgan fingerprint density at radius 3 is 2.89 bits per heavy atom. The molecule has 1 unspecified atom stereocenters. The normalized spacial score (nSPS) is 20.8. The Balaban J connectivity index is 0.00000280. The maximum Gasteiger partial charge on any atom is 0.191 e. The van der Waals surface area contributed by atoms with E-state index in [4.69, 9.17) is 9.73 Å². The Hall–Kier alpha value is -1.12. The molecule has 1 aromatic carbocycles. The van der Waals surface area contributed by atoms with Crippen LogP contribution < -0.4 is 10.6 Å². The monoisotopic (exact) mass is 498 g/mol. The van der Waals surface area contributed by atoms with Crippen molar-refractivity contribution in [1.29, 1.82) is 0 Å². The third kappa shape index (κ3) is 8.09. The van der Waals surface area contributed by atoms with E-state index in [1.165, 1.54) is 30.5 Å². The second-order valence-electron chi connectivity index (χ2n) is 7.40. The minimum Gasteiger partial charge on any atom is -0.377 e. The van der Waals surface area contributed by atoms with Crippen LogP contribution in [-0.4, -0.2) is 56.3 Å². The van der Waals surface area contributed by atoms with Crippen LogP contribution >= 0.6 is 24.0 Å². The molecule has 0 saturated carbocycles. The molecule has 156 valence electrons. The number of benzene rings is 1. The van der Waals surface area contributed by atoms with Crippen molar-refractivity contribution in [1.82, 2.24) is 15.5 Å². The number of rotatable bonds is 7. The first-order chi connectivity index (χ1) is 13.3. The van der Waals surface area contributed by atoms with E-state index < -0.39 is 0 Å². The molecule has 0 amide bonds. The van der Waals surface area contributed by atoms with Crippen LogP contribution in [0.3, 0.4) is 0 Å². The Morgan fingerprint density at radius 2 is 2.14 bits per heavy atom. The number of hydrogen-bond donors (Lipinski definition) is 2. The van der Waals surface area contributed by atoms with Crippen LogP contribution in [-0.2, 0) is 11.3 Å². The Bertz CT molecular complexity index is 620. The minimum absolute atomic E-state index is 0. The van der Waals surface area contributed by atoms with E-state index in [2.05, 4.69) is 58.9 Å². The fourth-order valence-electron chi connectivity index (χ4n) is 3.78. The SMILES string of the molecule is CCNC(=NCCC1=CCOCC1)NC1CCCN(Cc2ccccc2)C1.I. The van der Waals surface area contributed by atoms with Gasteiger partial charge >= 0.3 is 0 Å². The van der Waals surface area contributed by atoms with Crippen LogP contribution in [0.15, 0.2) is 47.0 Å². The molecule has 0 spiro atoms. The van der Waals surface area contributed by atoms with Gasteiger partial charge in [0.1, 0.15) is 0 Å². The van der Waals surface area contributed by atoms with E-state index in [1.54, 1.807) is 0 Å². The minimum atomic E-state index is 0. The summed E-state index contributed by atoms with van der Waals surface area (Å²) in [6.45, 7) is 8.75. The second kappa shape index (κ2) is 13.2. The molecule has 3 rings (SSSR count). The van der Waals surface area contributed by atoms with Crippen LogP contribution in [0.2, 0.25) is 0 Å². The number of nitrogens with one attached hydrogen (secondary N) is 2. The maximum absolute atomic E-state index is 5.38. The molecule has 0 radical (unpaired) electrons. The van der Waals surface area contributed by atoms with Gasteiger partial charge in [0.25, 0.3) is 0 Å². The summed E-state index contributed by atoms with van der Waals surface area (Å²) in [5, 5.41) is 7.07. The lowest BCUT2D eigenvalue weighted by atomic mass is 10.0. The lowest BCUT2D eigenvalue weighted by Crippen LogP contribution is -2.51. The highest BCUT2D eigenvalue weighted by Gasteiger charge is 2.20. The second-order valence-corrected chi connectivity index (χ2v) is 7.40. The molecule has 2 aliphatic heterocycles. The molecular formula is C22H35IN4O. The predicted octanol–water partition coefficient (Wildman–Crippen LogP) is 3.56. The zero-order chi connectivity index (χ0) is 18.7. The van der Waals surface area contributed by atoms with Crippen LogP contribution in [0.25, 0.3) is 0 Å². The molecular weight excluding hydrogens is 463 g/mol. The molecule has 2 N–H and O–H groups in total. The molecule has 0 aromatic heterocycles. The van der Waals surface area contributed by atoms with E-state index in [0.717, 1.165) is 58.2 Å². The fourth-order valence-corrected chi connectivity index (χ4v) is 3.78. The predicted molar refractivity (Wildman–Crippen MR) is 127 cm³/mol. The van der Waals surface area contributed by atoms with Crippen LogP contribution in [0.5, 0.6) is 0 Å². The number of piperidine rings is 1. The van der Waals surface area contributed by atoms with Gasteiger partial charge in [0.05, 0.1) is 13.2 Å². The molecule has 6 heteroatoms. The Morgan fingerprint density at radius 1 is 1.29 bits per heavy atom. The quantitative estimate of drug-likeness (QED) is 0.261. The topological polar surface area (TPSA) is 48.9 Å². The van der Waals surface area contributed by atoms with Gasteiger partial charge in [-0.1, -0.05) is 42.0 Å². The largest absolute Gasteiger partial charge is 0.377 e.